The summed E-state index contributed by atoms with van der Waals surface area (Å²) in [6.45, 7) is 6.39. The topological polar surface area (TPSA) is 75.3 Å². The lowest BCUT2D eigenvalue weighted by Crippen LogP contribution is -2.45. The Morgan fingerprint density at radius 3 is 2.47 bits per heavy atom. The van der Waals surface area contributed by atoms with Gasteiger partial charge in [-0.15, -0.1) is 0 Å². The average molecular weight is 216 g/mol. The van der Waals surface area contributed by atoms with E-state index in [4.69, 9.17) is 5.73 Å². The molecule has 3 atom stereocenters. The van der Waals surface area contributed by atoms with E-state index in [1.807, 2.05) is 20.8 Å². The molecule has 4 heteroatoms. The highest BCUT2D eigenvalue weighted by Gasteiger charge is 2.18. The molecule has 90 valence electrons. The zero-order chi connectivity index (χ0) is 11.8. The van der Waals surface area contributed by atoms with Crippen molar-refractivity contribution in [1.82, 2.24) is 5.32 Å². The lowest BCUT2D eigenvalue weighted by Gasteiger charge is -2.18. The molecule has 15 heavy (non-hydrogen) atoms. The van der Waals surface area contributed by atoms with Crippen LogP contribution in [0.25, 0.3) is 0 Å². The average Bonchev–Trinajstić information content (AvgIpc) is 2.26. The van der Waals surface area contributed by atoms with Crippen LogP contribution in [-0.4, -0.2) is 29.7 Å². The second-order valence-corrected chi connectivity index (χ2v) is 4.05. The number of carbonyl (C=O) groups is 1. The molecule has 3 unspecified atom stereocenters. The van der Waals surface area contributed by atoms with Crippen LogP contribution in [0.15, 0.2) is 0 Å². The van der Waals surface area contributed by atoms with E-state index >= 15 is 0 Å². The van der Waals surface area contributed by atoms with Gasteiger partial charge in [-0.1, -0.05) is 27.2 Å². The molecule has 4 N–H and O–H groups in total. The maximum atomic E-state index is 11.5. The van der Waals surface area contributed by atoms with Crippen LogP contribution in [0.1, 0.15) is 40.0 Å². The summed E-state index contributed by atoms with van der Waals surface area (Å²) in [7, 11) is 0. The summed E-state index contributed by atoms with van der Waals surface area (Å²) in [4.78, 5) is 11.5. The Bertz CT molecular complexity index is 185. The number of hydrogen-bond donors (Lipinski definition) is 3. The molecule has 4 nitrogen and oxygen atoms in total. The summed E-state index contributed by atoms with van der Waals surface area (Å²) in [6, 6.07) is -0.436. The Hall–Kier alpha value is -0.610. The summed E-state index contributed by atoms with van der Waals surface area (Å²) in [5.41, 5.74) is 5.75. The number of aliphatic hydroxyl groups excluding tert-OH is 1. The van der Waals surface area contributed by atoms with Crippen LogP contribution < -0.4 is 11.1 Å². The van der Waals surface area contributed by atoms with Gasteiger partial charge in [0.15, 0.2) is 0 Å². The molecule has 0 aliphatic heterocycles. The first kappa shape index (κ1) is 14.4. The molecule has 0 aromatic carbocycles. The molecule has 0 saturated carbocycles. The largest absolute Gasteiger partial charge is 0.393 e. The molecule has 0 fully saturated rings. The highest BCUT2D eigenvalue weighted by atomic mass is 16.3. The normalized spacial score (nSPS) is 16.9. The van der Waals surface area contributed by atoms with E-state index in [-0.39, 0.29) is 17.9 Å². The highest BCUT2D eigenvalue weighted by molar-refractivity contribution is 5.81. The van der Waals surface area contributed by atoms with Crippen LogP contribution in [0, 0.1) is 5.92 Å². The fraction of sp³-hybridized carbons (Fsp3) is 0.909. The van der Waals surface area contributed by atoms with Gasteiger partial charge in [-0.25, -0.2) is 0 Å². The Balaban J connectivity index is 3.74. The van der Waals surface area contributed by atoms with E-state index in [1.165, 1.54) is 0 Å². The van der Waals surface area contributed by atoms with E-state index in [0.717, 1.165) is 6.42 Å². The van der Waals surface area contributed by atoms with Gasteiger partial charge in [-0.2, -0.15) is 0 Å². The Morgan fingerprint density at radius 2 is 2.00 bits per heavy atom. The van der Waals surface area contributed by atoms with Gasteiger partial charge in [0.25, 0.3) is 0 Å². The van der Waals surface area contributed by atoms with Crippen LogP contribution in [0.2, 0.25) is 0 Å². The van der Waals surface area contributed by atoms with Gasteiger partial charge in [0.05, 0.1) is 12.1 Å². The van der Waals surface area contributed by atoms with Gasteiger partial charge in [0.1, 0.15) is 0 Å². The molecule has 0 rings (SSSR count). The molecule has 0 heterocycles. The van der Waals surface area contributed by atoms with E-state index in [0.29, 0.717) is 19.4 Å². The first-order valence-electron chi connectivity index (χ1n) is 5.74. The smallest absolute Gasteiger partial charge is 0.237 e. The second-order valence-electron chi connectivity index (χ2n) is 4.05. The molecule has 0 aliphatic rings. The highest BCUT2D eigenvalue weighted by Crippen LogP contribution is 2.05. The quantitative estimate of drug-likeness (QED) is 0.584. The summed E-state index contributed by atoms with van der Waals surface area (Å²) in [5, 5.41) is 12.0. The van der Waals surface area contributed by atoms with Gasteiger partial charge in [-0.05, 0) is 18.8 Å². The molecule has 0 saturated heterocycles. The minimum absolute atomic E-state index is 0.118. The molecule has 0 aromatic rings. The summed E-state index contributed by atoms with van der Waals surface area (Å²) >= 11 is 0. The molecule has 0 aliphatic carbocycles. The van der Waals surface area contributed by atoms with Gasteiger partial charge in [-0.3, -0.25) is 4.79 Å². The number of hydrogen-bond acceptors (Lipinski definition) is 3. The molecule has 0 radical (unpaired) electrons. The molecular weight excluding hydrogens is 192 g/mol. The Kier molecular flexibility index (Phi) is 7.34. The fourth-order valence-corrected chi connectivity index (χ4v) is 1.20. The van der Waals surface area contributed by atoms with Crippen LogP contribution in [0.5, 0.6) is 0 Å². The van der Waals surface area contributed by atoms with Crippen molar-refractivity contribution in [3.8, 4) is 0 Å². The molecular formula is C11H24N2O2. The maximum absolute atomic E-state index is 11.5. The first-order chi connectivity index (χ1) is 7.02. The number of nitrogens with one attached hydrogen (secondary N) is 1. The minimum atomic E-state index is -0.436. The van der Waals surface area contributed by atoms with E-state index in [1.54, 1.807) is 0 Å². The lowest BCUT2D eigenvalue weighted by atomic mass is 9.99. The van der Waals surface area contributed by atoms with Crippen molar-refractivity contribution in [3.05, 3.63) is 0 Å². The molecule has 0 aromatic heterocycles. The van der Waals surface area contributed by atoms with Crippen LogP contribution >= 0.6 is 0 Å². The van der Waals surface area contributed by atoms with E-state index in [9.17, 15) is 9.90 Å². The molecule has 0 spiro atoms. The minimum Gasteiger partial charge on any atom is -0.393 e. The number of aliphatic hydroxyl groups is 1. The van der Waals surface area contributed by atoms with Crippen molar-refractivity contribution >= 4 is 5.91 Å². The van der Waals surface area contributed by atoms with Gasteiger partial charge in [0.2, 0.25) is 5.91 Å². The predicted octanol–water partition coefficient (Wildman–Crippen LogP) is 0.637. The van der Waals surface area contributed by atoms with Crippen molar-refractivity contribution in [2.24, 2.45) is 11.7 Å². The monoisotopic (exact) mass is 216 g/mol. The zero-order valence-corrected chi connectivity index (χ0v) is 9.99. The second kappa shape index (κ2) is 7.65. The fourth-order valence-electron chi connectivity index (χ4n) is 1.20. The van der Waals surface area contributed by atoms with E-state index < -0.39 is 6.04 Å². The maximum Gasteiger partial charge on any atom is 0.237 e. The molecule has 1 amide bonds. The van der Waals surface area contributed by atoms with Crippen molar-refractivity contribution < 1.29 is 9.90 Å². The Morgan fingerprint density at radius 1 is 1.40 bits per heavy atom. The number of amides is 1. The number of nitrogens with two attached hydrogens (primary N) is 1. The predicted molar refractivity (Wildman–Crippen MR) is 61.4 cm³/mol. The third-order valence-corrected chi connectivity index (χ3v) is 2.81. The van der Waals surface area contributed by atoms with Gasteiger partial charge < -0.3 is 16.2 Å². The standard InChI is InChI=1S/C11H24N2O2/c1-4-8(3)10(12)11(15)13-7-6-9(14)5-2/h8-10,14H,4-7,12H2,1-3H3,(H,13,15). The lowest BCUT2D eigenvalue weighted by molar-refractivity contribution is -0.123. The first-order valence-corrected chi connectivity index (χ1v) is 5.74. The number of carbonyl (C=O) groups excluding carboxylic acids is 1. The molecule has 0 bridgehead atoms. The van der Waals surface area contributed by atoms with Crippen LogP contribution in [0.4, 0.5) is 0 Å². The summed E-state index contributed by atoms with van der Waals surface area (Å²) < 4.78 is 0. The zero-order valence-electron chi connectivity index (χ0n) is 9.99. The van der Waals surface area contributed by atoms with Crippen molar-refractivity contribution in [1.29, 1.82) is 0 Å². The van der Waals surface area contributed by atoms with Crippen molar-refractivity contribution in [2.75, 3.05) is 6.54 Å². The third-order valence-electron chi connectivity index (χ3n) is 2.81. The summed E-state index contributed by atoms with van der Waals surface area (Å²) in [5.74, 6) is 0.0775. The van der Waals surface area contributed by atoms with Crippen molar-refractivity contribution in [2.45, 2.75) is 52.2 Å². The van der Waals surface area contributed by atoms with Crippen LogP contribution in [-0.2, 0) is 4.79 Å². The summed E-state index contributed by atoms with van der Waals surface area (Å²) in [6.07, 6.45) is 1.87. The third kappa shape index (κ3) is 5.74. The van der Waals surface area contributed by atoms with Gasteiger partial charge >= 0.3 is 0 Å². The number of rotatable bonds is 7. The van der Waals surface area contributed by atoms with Crippen LogP contribution in [0.3, 0.4) is 0 Å². The Labute approximate surface area is 92.2 Å². The van der Waals surface area contributed by atoms with Gasteiger partial charge in [0, 0.05) is 6.54 Å². The SMILES string of the molecule is CCC(O)CCNC(=O)C(N)C(C)CC. The van der Waals surface area contributed by atoms with Crippen molar-refractivity contribution in [3.63, 3.8) is 0 Å². The van der Waals surface area contributed by atoms with E-state index in [2.05, 4.69) is 5.32 Å².